The standard InChI is InChI=1S/C10H19NO3/c1-10(2)9(13)3-4-11(10)7-5-14-6-8(7)12/h7-9,12-13H,3-6H2,1-2H3. The first-order valence-electron chi connectivity index (χ1n) is 5.24. The molecule has 0 saturated carbocycles. The molecular weight excluding hydrogens is 182 g/mol. The van der Waals surface area contributed by atoms with E-state index in [9.17, 15) is 10.2 Å². The van der Waals surface area contributed by atoms with Crippen LogP contribution in [0.25, 0.3) is 0 Å². The van der Waals surface area contributed by atoms with Gasteiger partial charge in [0, 0.05) is 12.1 Å². The highest BCUT2D eigenvalue weighted by atomic mass is 16.5. The average Bonchev–Trinajstić information content (AvgIpc) is 2.60. The van der Waals surface area contributed by atoms with Crippen LogP contribution in [0.15, 0.2) is 0 Å². The second kappa shape index (κ2) is 3.45. The van der Waals surface area contributed by atoms with Crippen LogP contribution in [0.2, 0.25) is 0 Å². The van der Waals surface area contributed by atoms with Crippen molar-refractivity contribution < 1.29 is 14.9 Å². The lowest BCUT2D eigenvalue weighted by Gasteiger charge is -2.38. The molecule has 0 bridgehead atoms. The summed E-state index contributed by atoms with van der Waals surface area (Å²) in [6, 6.07) is 0.0575. The summed E-state index contributed by atoms with van der Waals surface area (Å²) in [5.41, 5.74) is -0.237. The van der Waals surface area contributed by atoms with E-state index in [2.05, 4.69) is 4.90 Å². The van der Waals surface area contributed by atoms with Gasteiger partial charge in [0.1, 0.15) is 0 Å². The molecule has 2 rings (SSSR count). The number of ether oxygens (including phenoxy) is 1. The molecule has 82 valence electrons. The molecule has 0 aromatic carbocycles. The van der Waals surface area contributed by atoms with Gasteiger partial charge in [-0.05, 0) is 20.3 Å². The second-order valence-electron chi connectivity index (χ2n) is 4.82. The van der Waals surface area contributed by atoms with Crippen LogP contribution in [-0.2, 0) is 4.74 Å². The molecule has 0 aromatic rings. The molecular formula is C10H19NO3. The van der Waals surface area contributed by atoms with Crippen molar-refractivity contribution in [1.82, 2.24) is 4.90 Å². The molecule has 2 aliphatic rings. The summed E-state index contributed by atoms with van der Waals surface area (Å²) in [6.07, 6.45) is 0.0887. The topological polar surface area (TPSA) is 52.9 Å². The van der Waals surface area contributed by atoms with Gasteiger partial charge < -0.3 is 14.9 Å². The van der Waals surface area contributed by atoms with E-state index < -0.39 is 6.10 Å². The van der Waals surface area contributed by atoms with E-state index in [1.165, 1.54) is 0 Å². The second-order valence-corrected chi connectivity index (χ2v) is 4.82. The van der Waals surface area contributed by atoms with Gasteiger partial charge in [-0.3, -0.25) is 4.90 Å². The quantitative estimate of drug-likeness (QED) is 0.605. The molecule has 0 aliphatic carbocycles. The van der Waals surface area contributed by atoms with E-state index in [1.54, 1.807) is 0 Å². The minimum Gasteiger partial charge on any atom is -0.391 e. The molecule has 0 spiro atoms. The van der Waals surface area contributed by atoms with E-state index in [4.69, 9.17) is 4.74 Å². The van der Waals surface area contributed by atoms with Crippen LogP contribution in [-0.4, -0.2) is 58.7 Å². The lowest BCUT2D eigenvalue weighted by Crippen LogP contribution is -2.53. The summed E-state index contributed by atoms with van der Waals surface area (Å²) in [4.78, 5) is 2.18. The van der Waals surface area contributed by atoms with Crippen molar-refractivity contribution in [3.8, 4) is 0 Å². The van der Waals surface area contributed by atoms with Crippen LogP contribution >= 0.6 is 0 Å². The van der Waals surface area contributed by atoms with Gasteiger partial charge in [0.15, 0.2) is 0 Å². The Morgan fingerprint density at radius 2 is 2.00 bits per heavy atom. The Morgan fingerprint density at radius 3 is 2.43 bits per heavy atom. The zero-order valence-corrected chi connectivity index (χ0v) is 8.81. The maximum absolute atomic E-state index is 9.81. The SMILES string of the molecule is CC1(C)C(O)CCN1C1COCC1O. The lowest BCUT2D eigenvalue weighted by atomic mass is 9.97. The Morgan fingerprint density at radius 1 is 1.29 bits per heavy atom. The third-order valence-electron chi connectivity index (χ3n) is 3.62. The van der Waals surface area contributed by atoms with E-state index >= 15 is 0 Å². The Labute approximate surface area is 84.5 Å². The molecule has 0 amide bonds. The average molecular weight is 201 g/mol. The Bertz CT molecular complexity index is 219. The van der Waals surface area contributed by atoms with Gasteiger partial charge in [0.25, 0.3) is 0 Å². The number of nitrogens with zero attached hydrogens (tertiary/aromatic N) is 1. The summed E-state index contributed by atoms with van der Waals surface area (Å²) in [5, 5.41) is 19.5. The Balaban J connectivity index is 2.11. The first kappa shape index (κ1) is 10.4. The van der Waals surface area contributed by atoms with Crippen molar-refractivity contribution in [2.24, 2.45) is 0 Å². The van der Waals surface area contributed by atoms with Gasteiger partial charge in [-0.25, -0.2) is 0 Å². The normalized spacial score (nSPS) is 43.3. The molecule has 3 atom stereocenters. The Hall–Kier alpha value is -0.160. The highest BCUT2D eigenvalue weighted by Gasteiger charge is 2.46. The minimum atomic E-state index is -0.403. The largest absolute Gasteiger partial charge is 0.391 e. The van der Waals surface area contributed by atoms with Crippen molar-refractivity contribution in [2.75, 3.05) is 19.8 Å². The maximum atomic E-state index is 9.81. The van der Waals surface area contributed by atoms with E-state index in [0.29, 0.717) is 13.2 Å². The third-order valence-corrected chi connectivity index (χ3v) is 3.62. The fraction of sp³-hybridized carbons (Fsp3) is 1.00. The molecule has 2 aliphatic heterocycles. The fourth-order valence-corrected chi connectivity index (χ4v) is 2.52. The molecule has 2 N–H and O–H groups in total. The van der Waals surface area contributed by atoms with Crippen LogP contribution in [0, 0.1) is 0 Å². The smallest absolute Gasteiger partial charge is 0.0951 e. The first-order valence-corrected chi connectivity index (χ1v) is 5.24. The number of rotatable bonds is 1. The number of hydrogen-bond donors (Lipinski definition) is 2. The molecule has 0 aromatic heterocycles. The van der Waals surface area contributed by atoms with E-state index in [0.717, 1.165) is 13.0 Å². The predicted molar refractivity (Wildman–Crippen MR) is 52.0 cm³/mol. The van der Waals surface area contributed by atoms with Crippen LogP contribution in [0.4, 0.5) is 0 Å². The minimum absolute atomic E-state index is 0.0575. The lowest BCUT2D eigenvalue weighted by molar-refractivity contribution is 0.000816. The molecule has 0 radical (unpaired) electrons. The Kier molecular flexibility index (Phi) is 2.55. The van der Waals surface area contributed by atoms with Crippen molar-refractivity contribution >= 4 is 0 Å². The van der Waals surface area contributed by atoms with Crippen LogP contribution < -0.4 is 0 Å². The maximum Gasteiger partial charge on any atom is 0.0951 e. The van der Waals surface area contributed by atoms with Gasteiger partial charge in [-0.2, -0.15) is 0 Å². The molecule has 14 heavy (non-hydrogen) atoms. The van der Waals surface area contributed by atoms with Gasteiger partial charge in [0.2, 0.25) is 0 Å². The predicted octanol–water partition coefficient (Wildman–Crippen LogP) is -0.409. The van der Waals surface area contributed by atoms with Crippen LogP contribution in [0.5, 0.6) is 0 Å². The van der Waals surface area contributed by atoms with Gasteiger partial charge >= 0.3 is 0 Å². The van der Waals surface area contributed by atoms with Gasteiger partial charge in [-0.1, -0.05) is 0 Å². The monoisotopic (exact) mass is 201 g/mol. The molecule has 2 saturated heterocycles. The summed E-state index contributed by atoms with van der Waals surface area (Å²) in [7, 11) is 0. The van der Waals surface area contributed by atoms with Gasteiger partial charge in [0.05, 0.1) is 31.5 Å². The van der Waals surface area contributed by atoms with Crippen molar-refractivity contribution in [3.05, 3.63) is 0 Å². The summed E-state index contributed by atoms with van der Waals surface area (Å²) in [6.45, 7) is 5.90. The van der Waals surface area contributed by atoms with Crippen molar-refractivity contribution in [2.45, 2.75) is 44.1 Å². The third kappa shape index (κ3) is 1.46. The van der Waals surface area contributed by atoms with E-state index in [-0.39, 0.29) is 17.7 Å². The summed E-state index contributed by atoms with van der Waals surface area (Å²) >= 11 is 0. The number of aliphatic hydroxyl groups excluding tert-OH is 2. The van der Waals surface area contributed by atoms with Crippen LogP contribution in [0.1, 0.15) is 20.3 Å². The highest BCUT2D eigenvalue weighted by molar-refractivity contribution is 5.01. The fourth-order valence-electron chi connectivity index (χ4n) is 2.52. The summed E-state index contributed by atoms with van der Waals surface area (Å²) < 4.78 is 5.24. The van der Waals surface area contributed by atoms with Gasteiger partial charge in [-0.15, -0.1) is 0 Å². The summed E-state index contributed by atoms with van der Waals surface area (Å²) in [5.74, 6) is 0. The first-order chi connectivity index (χ1) is 6.53. The van der Waals surface area contributed by atoms with Crippen LogP contribution in [0.3, 0.4) is 0 Å². The zero-order chi connectivity index (χ0) is 10.3. The number of aliphatic hydroxyl groups is 2. The van der Waals surface area contributed by atoms with E-state index in [1.807, 2.05) is 13.8 Å². The van der Waals surface area contributed by atoms with Crippen molar-refractivity contribution in [3.63, 3.8) is 0 Å². The highest BCUT2D eigenvalue weighted by Crippen LogP contribution is 2.33. The molecule has 4 nitrogen and oxygen atoms in total. The zero-order valence-electron chi connectivity index (χ0n) is 8.81. The number of hydrogen-bond acceptors (Lipinski definition) is 4. The molecule has 4 heteroatoms. The molecule has 2 heterocycles. The molecule has 3 unspecified atom stereocenters. The van der Waals surface area contributed by atoms with Crippen molar-refractivity contribution in [1.29, 1.82) is 0 Å². The number of likely N-dealkylation sites (tertiary alicyclic amines) is 1. The molecule has 2 fully saturated rings.